The van der Waals surface area contributed by atoms with E-state index in [0.29, 0.717) is 0 Å². The van der Waals surface area contributed by atoms with Gasteiger partial charge in [0.15, 0.2) is 0 Å². The number of benzene rings is 10. The van der Waals surface area contributed by atoms with Gasteiger partial charge >= 0.3 is 0 Å². The van der Waals surface area contributed by atoms with Crippen molar-refractivity contribution >= 4 is 81.1 Å². The lowest BCUT2D eigenvalue weighted by atomic mass is 9.97. The van der Waals surface area contributed by atoms with Crippen LogP contribution in [-0.4, -0.2) is 4.57 Å². The Kier molecular flexibility index (Phi) is 8.39. The van der Waals surface area contributed by atoms with Crippen molar-refractivity contribution in [1.82, 2.24) is 4.57 Å². The van der Waals surface area contributed by atoms with Gasteiger partial charge in [-0.2, -0.15) is 0 Å². The zero-order valence-electron chi connectivity index (χ0n) is 33.2. The van der Waals surface area contributed by atoms with Crippen molar-refractivity contribution in [2.24, 2.45) is 0 Å². The number of hydrogen-bond acceptors (Lipinski definition) is 2. The first kappa shape index (κ1) is 35.2. The van der Waals surface area contributed by atoms with E-state index in [1.165, 1.54) is 97.5 Å². The van der Waals surface area contributed by atoms with Crippen LogP contribution in [0.4, 0.5) is 17.1 Å². The summed E-state index contributed by atoms with van der Waals surface area (Å²) in [7, 11) is 0. The average Bonchev–Trinajstić information content (AvgIpc) is 3.88. The topological polar surface area (TPSA) is 8.17 Å². The fourth-order valence-corrected chi connectivity index (χ4v) is 10.5. The summed E-state index contributed by atoms with van der Waals surface area (Å²) < 4.78 is 4.99. The molecule has 0 radical (unpaired) electrons. The molecular formula is C58H38N2S. The lowest BCUT2D eigenvalue weighted by molar-refractivity contribution is 1.18. The molecule has 10 aromatic carbocycles. The van der Waals surface area contributed by atoms with Crippen LogP contribution in [0.2, 0.25) is 0 Å². The zero-order chi connectivity index (χ0) is 40.3. The quantitative estimate of drug-likeness (QED) is 0.156. The van der Waals surface area contributed by atoms with E-state index in [1.54, 1.807) is 0 Å². The summed E-state index contributed by atoms with van der Waals surface area (Å²) in [4.78, 5) is 2.46. The molecule has 0 bridgehead atoms. The maximum Gasteiger partial charge on any atom is 0.0555 e. The van der Waals surface area contributed by atoms with Gasteiger partial charge in [0.25, 0.3) is 0 Å². The monoisotopic (exact) mass is 794 g/mol. The number of aromatic nitrogens is 1. The summed E-state index contributed by atoms with van der Waals surface area (Å²) in [6.07, 6.45) is 0. The molecular weight excluding hydrogens is 757 g/mol. The average molecular weight is 795 g/mol. The van der Waals surface area contributed by atoms with Gasteiger partial charge in [-0.1, -0.05) is 170 Å². The van der Waals surface area contributed by atoms with Crippen LogP contribution in [-0.2, 0) is 0 Å². The first-order valence-electron chi connectivity index (χ1n) is 20.8. The predicted molar refractivity (Wildman–Crippen MR) is 262 cm³/mol. The summed E-state index contributed by atoms with van der Waals surface area (Å²) in [5.41, 5.74) is 14.1. The Balaban J connectivity index is 0.956. The van der Waals surface area contributed by atoms with Crippen molar-refractivity contribution in [2.45, 2.75) is 0 Å². The summed E-state index contributed by atoms with van der Waals surface area (Å²) in [6.45, 7) is 0. The van der Waals surface area contributed by atoms with Crippen molar-refractivity contribution in [2.75, 3.05) is 4.90 Å². The minimum absolute atomic E-state index is 1.11. The number of para-hydroxylation sites is 4. The molecule has 2 heterocycles. The highest BCUT2D eigenvalue weighted by Crippen LogP contribution is 2.48. The Bertz CT molecular complexity index is 3540. The van der Waals surface area contributed by atoms with E-state index in [0.717, 1.165) is 11.4 Å². The molecule has 12 rings (SSSR count). The second-order valence-corrected chi connectivity index (χ2v) is 16.8. The van der Waals surface area contributed by atoms with Crippen LogP contribution in [0.3, 0.4) is 0 Å². The number of thiophene rings is 1. The molecule has 3 heteroatoms. The van der Waals surface area contributed by atoms with E-state index < -0.39 is 0 Å². The van der Waals surface area contributed by atoms with E-state index in [9.17, 15) is 0 Å². The van der Waals surface area contributed by atoms with Gasteiger partial charge in [0.2, 0.25) is 0 Å². The molecule has 0 atom stereocenters. The molecule has 0 fully saturated rings. The zero-order valence-corrected chi connectivity index (χ0v) is 34.1. The lowest BCUT2D eigenvalue weighted by Gasteiger charge is -2.29. The van der Waals surface area contributed by atoms with Crippen LogP contribution in [0.5, 0.6) is 0 Å². The first-order chi connectivity index (χ1) is 30.3. The smallest absolute Gasteiger partial charge is 0.0555 e. The third-order valence-electron chi connectivity index (χ3n) is 12.2. The van der Waals surface area contributed by atoms with Gasteiger partial charge in [0, 0.05) is 47.8 Å². The number of nitrogens with zero attached hydrogens (tertiary/aromatic N) is 2. The van der Waals surface area contributed by atoms with Crippen molar-refractivity contribution in [3.05, 3.63) is 231 Å². The van der Waals surface area contributed by atoms with Crippen LogP contribution in [0.25, 0.3) is 91.8 Å². The summed E-state index contributed by atoms with van der Waals surface area (Å²) in [5, 5.41) is 7.56. The molecule has 0 amide bonds. The van der Waals surface area contributed by atoms with Crippen LogP contribution in [0, 0.1) is 0 Å². The highest BCUT2D eigenvalue weighted by molar-refractivity contribution is 7.26. The Hall–Kier alpha value is -7.72. The highest BCUT2D eigenvalue weighted by Gasteiger charge is 2.22. The van der Waals surface area contributed by atoms with Gasteiger partial charge in [-0.05, 0) is 93.7 Å². The van der Waals surface area contributed by atoms with E-state index in [1.807, 2.05) is 11.3 Å². The standard InChI is InChI=1S/C58H38N2S/c1-2-15-43-38-44(33-30-39(43)14-1)47-17-4-8-21-51(47)59(55-25-13-27-57-58(55)50-20-7-12-26-56(50)61-57)45-36-34-41(35-37-45)40-28-31-42(32-29-40)46-16-3-9-22-52(46)60-53-23-10-5-18-48(53)49-19-6-11-24-54(49)60/h1-38H. The molecule has 0 saturated heterocycles. The van der Waals surface area contributed by atoms with E-state index in [4.69, 9.17) is 0 Å². The molecule has 2 nitrogen and oxygen atoms in total. The third-order valence-corrected chi connectivity index (χ3v) is 13.3. The second-order valence-electron chi connectivity index (χ2n) is 15.7. The largest absolute Gasteiger partial charge is 0.309 e. The number of hydrogen-bond donors (Lipinski definition) is 0. The number of rotatable bonds is 7. The van der Waals surface area contributed by atoms with Crippen molar-refractivity contribution in [3.8, 4) is 39.1 Å². The summed E-state index contributed by atoms with van der Waals surface area (Å²) in [5.74, 6) is 0. The third kappa shape index (κ3) is 5.93. The molecule has 0 aliphatic rings. The van der Waals surface area contributed by atoms with Gasteiger partial charge < -0.3 is 9.47 Å². The molecule has 0 aliphatic heterocycles. The maximum absolute atomic E-state index is 2.46. The lowest BCUT2D eigenvalue weighted by Crippen LogP contribution is -2.11. The molecule has 12 aromatic rings. The minimum Gasteiger partial charge on any atom is -0.309 e. The SMILES string of the molecule is c1ccc(N(c2ccc(-c3ccc(-c4ccccc4-n4c5ccccc5c5ccccc54)cc3)cc2)c2cccc3sc4ccccc4c23)c(-c2ccc3ccccc3c2)c1. The molecule has 0 spiro atoms. The molecule has 61 heavy (non-hydrogen) atoms. The van der Waals surface area contributed by atoms with E-state index in [-0.39, 0.29) is 0 Å². The normalized spacial score (nSPS) is 11.6. The predicted octanol–water partition coefficient (Wildman–Crippen LogP) is 16.8. The minimum atomic E-state index is 1.11. The fraction of sp³-hybridized carbons (Fsp3) is 0. The first-order valence-corrected chi connectivity index (χ1v) is 21.7. The molecule has 0 aliphatic carbocycles. The van der Waals surface area contributed by atoms with Crippen LogP contribution >= 0.6 is 11.3 Å². The molecule has 0 unspecified atom stereocenters. The van der Waals surface area contributed by atoms with Crippen LogP contribution in [0.15, 0.2) is 231 Å². The fourth-order valence-electron chi connectivity index (χ4n) is 9.36. The van der Waals surface area contributed by atoms with Gasteiger partial charge in [-0.25, -0.2) is 0 Å². The summed E-state index contributed by atoms with van der Waals surface area (Å²) in [6, 6.07) is 84.2. The van der Waals surface area contributed by atoms with Gasteiger partial charge in [-0.3, -0.25) is 0 Å². The van der Waals surface area contributed by atoms with Gasteiger partial charge in [0.05, 0.1) is 28.1 Å². The van der Waals surface area contributed by atoms with Crippen LogP contribution < -0.4 is 4.90 Å². The highest BCUT2D eigenvalue weighted by atomic mass is 32.1. The van der Waals surface area contributed by atoms with Gasteiger partial charge in [-0.15, -0.1) is 11.3 Å². The van der Waals surface area contributed by atoms with Crippen molar-refractivity contribution in [3.63, 3.8) is 0 Å². The number of anilines is 3. The molecule has 0 saturated carbocycles. The maximum atomic E-state index is 2.46. The van der Waals surface area contributed by atoms with Crippen molar-refractivity contribution < 1.29 is 0 Å². The van der Waals surface area contributed by atoms with E-state index >= 15 is 0 Å². The second kappa shape index (κ2) is 14.5. The van der Waals surface area contributed by atoms with E-state index in [2.05, 4.69) is 240 Å². The molecule has 2 aromatic heterocycles. The van der Waals surface area contributed by atoms with Gasteiger partial charge in [0.1, 0.15) is 0 Å². The Labute approximate surface area is 358 Å². The Morgan fingerprint density at radius 1 is 0.344 bits per heavy atom. The Morgan fingerprint density at radius 2 is 0.885 bits per heavy atom. The molecule has 286 valence electrons. The number of fused-ring (bicyclic) bond motifs is 7. The van der Waals surface area contributed by atoms with Crippen molar-refractivity contribution in [1.29, 1.82) is 0 Å². The summed E-state index contributed by atoms with van der Waals surface area (Å²) >= 11 is 1.86. The Morgan fingerprint density at radius 3 is 1.66 bits per heavy atom. The molecule has 0 N–H and O–H groups in total. The van der Waals surface area contributed by atoms with Crippen LogP contribution in [0.1, 0.15) is 0 Å².